The first-order valence-electron chi connectivity index (χ1n) is 9.50. The zero-order valence-corrected chi connectivity index (χ0v) is 16.3. The third-order valence-corrected chi connectivity index (χ3v) is 6.12. The van der Waals surface area contributed by atoms with E-state index >= 15 is 0 Å². The normalized spacial score (nSPS) is 25.3. The Bertz CT molecular complexity index is 835. The van der Waals surface area contributed by atoms with Gasteiger partial charge in [0.15, 0.2) is 6.04 Å². The number of aromatic nitrogens is 3. The van der Waals surface area contributed by atoms with Gasteiger partial charge in [0.05, 0.1) is 17.2 Å². The van der Waals surface area contributed by atoms with Crippen LogP contribution < -0.4 is 5.32 Å². The molecule has 28 heavy (non-hydrogen) atoms. The number of anilines is 1. The Morgan fingerprint density at radius 3 is 2.89 bits per heavy atom. The summed E-state index contributed by atoms with van der Waals surface area (Å²) in [4.78, 5) is 18.6. The fourth-order valence-corrected chi connectivity index (χ4v) is 4.57. The minimum atomic E-state index is -4.36. The Labute approximate surface area is 164 Å². The second-order valence-electron chi connectivity index (χ2n) is 7.33. The largest absolute Gasteiger partial charge is 0.410 e. The van der Waals surface area contributed by atoms with Crippen LogP contribution in [0.25, 0.3) is 0 Å². The molecule has 0 aromatic carbocycles. The van der Waals surface area contributed by atoms with Gasteiger partial charge in [0.25, 0.3) is 5.91 Å². The molecule has 3 atom stereocenters. The number of carbonyl (C=O) groups excluding carboxylic acids is 1. The van der Waals surface area contributed by atoms with E-state index < -0.39 is 12.2 Å². The van der Waals surface area contributed by atoms with Gasteiger partial charge in [0.2, 0.25) is 0 Å². The Morgan fingerprint density at radius 1 is 1.39 bits per heavy atom. The molecule has 1 fully saturated rings. The number of amides is 1. The van der Waals surface area contributed by atoms with Crippen LogP contribution in [0, 0.1) is 0 Å². The number of fused-ring (bicyclic) bond motifs is 1. The molecule has 2 aromatic heterocycles. The number of rotatable bonds is 3. The van der Waals surface area contributed by atoms with Gasteiger partial charge in [-0.1, -0.05) is 6.92 Å². The number of likely N-dealkylation sites (tertiary alicyclic amines) is 1. The van der Waals surface area contributed by atoms with Crippen LogP contribution in [-0.4, -0.2) is 44.3 Å². The molecule has 1 N–H and O–H groups in total. The average Bonchev–Trinajstić information content (AvgIpc) is 3.35. The summed E-state index contributed by atoms with van der Waals surface area (Å²) in [5.74, 6) is 0.186. The second kappa shape index (κ2) is 7.38. The predicted molar refractivity (Wildman–Crippen MR) is 99.4 cm³/mol. The second-order valence-corrected chi connectivity index (χ2v) is 8.04. The number of halogens is 3. The molecule has 10 heteroatoms. The number of thiazole rings is 1. The lowest BCUT2D eigenvalue weighted by molar-refractivity contribution is -0.173. The van der Waals surface area contributed by atoms with Gasteiger partial charge in [-0.2, -0.15) is 18.3 Å². The van der Waals surface area contributed by atoms with Crippen molar-refractivity contribution in [2.75, 3.05) is 11.9 Å². The standard InChI is InChI=1S/C18H22F3N5OS/c1-2-11-7-15(18(19,20)21)26-16(23-11)8-12(24-26)14-5-3-4-6-25(14)17(27)13-9-28-10-22-13/h8-11,14-15,23H,2-7H2,1H3/t11-,14-,15-/m1/s1. The predicted octanol–water partition coefficient (Wildman–Crippen LogP) is 4.40. The van der Waals surface area contributed by atoms with Crippen molar-refractivity contribution in [1.29, 1.82) is 0 Å². The van der Waals surface area contributed by atoms with Gasteiger partial charge < -0.3 is 10.2 Å². The van der Waals surface area contributed by atoms with Crippen molar-refractivity contribution in [3.63, 3.8) is 0 Å². The van der Waals surface area contributed by atoms with E-state index in [9.17, 15) is 18.0 Å². The topological polar surface area (TPSA) is 63.1 Å². The third-order valence-electron chi connectivity index (χ3n) is 5.54. The van der Waals surface area contributed by atoms with E-state index in [2.05, 4.69) is 15.4 Å². The molecule has 0 saturated carbocycles. The monoisotopic (exact) mass is 413 g/mol. The molecular formula is C18H22F3N5OS. The van der Waals surface area contributed by atoms with Crippen molar-refractivity contribution < 1.29 is 18.0 Å². The van der Waals surface area contributed by atoms with Crippen molar-refractivity contribution in [2.45, 2.75) is 63.3 Å². The highest BCUT2D eigenvalue weighted by molar-refractivity contribution is 7.07. The molecule has 1 saturated heterocycles. The molecule has 1 amide bonds. The van der Waals surface area contributed by atoms with Crippen LogP contribution in [0.1, 0.15) is 67.3 Å². The maximum Gasteiger partial charge on any atom is 0.410 e. The number of hydrogen-bond donors (Lipinski definition) is 1. The highest BCUT2D eigenvalue weighted by Crippen LogP contribution is 2.42. The van der Waals surface area contributed by atoms with Crippen molar-refractivity contribution in [3.05, 3.63) is 28.3 Å². The molecule has 0 bridgehead atoms. The van der Waals surface area contributed by atoms with Crippen molar-refractivity contribution in [1.82, 2.24) is 19.7 Å². The zero-order chi connectivity index (χ0) is 19.9. The first kappa shape index (κ1) is 19.2. The van der Waals surface area contributed by atoms with Gasteiger partial charge in [-0.25, -0.2) is 9.67 Å². The number of piperidine rings is 1. The maximum atomic E-state index is 13.6. The van der Waals surface area contributed by atoms with Crippen molar-refractivity contribution >= 4 is 23.1 Å². The van der Waals surface area contributed by atoms with Crippen molar-refractivity contribution in [2.24, 2.45) is 0 Å². The third kappa shape index (κ3) is 3.49. The highest BCUT2D eigenvalue weighted by Gasteiger charge is 2.46. The van der Waals surface area contributed by atoms with Crippen LogP contribution in [-0.2, 0) is 0 Å². The van der Waals surface area contributed by atoms with E-state index in [1.165, 1.54) is 11.3 Å². The number of nitrogens with zero attached hydrogens (tertiary/aromatic N) is 4. The van der Waals surface area contributed by atoms with E-state index in [-0.39, 0.29) is 24.4 Å². The van der Waals surface area contributed by atoms with Gasteiger partial charge >= 0.3 is 6.18 Å². The summed E-state index contributed by atoms with van der Waals surface area (Å²) in [6.07, 6.45) is -1.36. The van der Waals surface area contributed by atoms with Crippen LogP contribution in [0.2, 0.25) is 0 Å². The molecule has 0 aliphatic carbocycles. The van der Waals surface area contributed by atoms with Gasteiger partial charge in [-0.15, -0.1) is 11.3 Å². The van der Waals surface area contributed by atoms with E-state index in [0.717, 1.165) is 17.5 Å². The molecule has 0 unspecified atom stereocenters. The Morgan fingerprint density at radius 2 is 2.21 bits per heavy atom. The smallest absolute Gasteiger partial charge is 0.367 e. The van der Waals surface area contributed by atoms with Crippen LogP contribution in [0.3, 0.4) is 0 Å². The quantitative estimate of drug-likeness (QED) is 0.810. The van der Waals surface area contributed by atoms with E-state index in [1.807, 2.05) is 6.92 Å². The lowest BCUT2D eigenvalue weighted by atomic mass is 9.98. The molecule has 2 aromatic rings. The lowest BCUT2D eigenvalue weighted by Crippen LogP contribution is -2.40. The molecule has 2 aliphatic heterocycles. The molecule has 6 nitrogen and oxygen atoms in total. The van der Waals surface area contributed by atoms with Crippen LogP contribution in [0.15, 0.2) is 17.0 Å². The fraction of sp³-hybridized carbons (Fsp3) is 0.611. The Kier molecular flexibility index (Phi) is 5.07. The summed E-state index contributed by atoms with van der Waals surface area (Å²) in [6.45, 7) is 2.42. The molecule has 4 heterocycles. The maximum absolute atomic E-state index is 13.6. The molecule has 2 aliphatic rings. The minimum Gasteiger partial charge on any atom is -0.367 e. The molecule has 152 valence electrons. The Balaban J connectivity index is 1.67. The highest BCUT2D eigenvalue weighted by atomic mass is 32.1. The van der Waals surface area contributed by atoms with Gasteiger partial charge in [-0.05, 0) is 32.1 Å². The fourth-order valence-electron chi connectivity index (χ4n) is 4.05. The van der Waals surface area contributed by atoms with Crippen LogP contribution in [0.5, 0.6) is 0 Å². The number of carbonyl (C=O) groups is 1. The van der Waals surface area contributed by atoms with Gasteiger partial charge in [0.1, 0.15) is 11.5 Å². The summed E-state index contributed by atoms with van der Waals surface area (Å²) >= 11 is 1.34. The summed E-state index contributed by atoms with van der Waals surface area (Å²) < 4.78 is 41.9. The number of nitrogens with one attached hydrogen (secondary N) is 1. The molecule has 4 rings (SSSR count). The Hall–Kier alpha value is -2.10. The van der Waals surface area contributed by atoms with E-state index in [4.69, 9.17) is 0 Å². The van der Waals surface area contributed by atoms with Crippen LogP contribution >= 0.6 is 11.3 Å². The van der Waals surface area contributed by atoms with E-state index in [1.54, 1.807) is 21.9 Å². The number of alkyl halides is 3. The average molecular weight is 413 g/mol. The molecule has 0 spiro atoms. The SMILES string of the molecule is CC[C@@H]1C[C@H](C(F)(F)F)n2nc([C@H]3CCCCN3C(=O)c3cscn3)cc2N1. The summed E-state index contributed by atoms with van der Waals surface area (Å²) in [7, 11) is 0. The summed E-state index contributed by atoms with van der Waals surface area (Å²) in [5.41, 5.74) is 2.49. The lowest BCUT2D eigenvalue weighted by Gasteiger charge is -2.34. The first-order chi connectivity index (χ1) is 13.4. The zero-order valence-electron chi connectivity index (χ0n) is 15.4. The first-order valence-corrected chi connectivity index (χ1v) is 10.4. The molecule has 0 radical (unpaired) electrons. The van der Waals surface area contributed by atoms with Gasteiger partial charge in [0, 0.05) is 24.0 Å². The van der Waals surface area contributed by atoms with E-state index in [0.29, 0.717) is 36.6 Å². The van der Waals surface area contributed by atoms with Crippen LogP contribution in [0.4, 0.5) is 19.0 Å². The number of hydrogen-bond acceptors (Lipinski definition) is 5. The summed E-state index contributed by atoms with van der Waals surface area (Å²) in [6, 6.07) is -0.550. The van der Waals surface area contributed by atoms with Crippen molar-refractivity contribution in [3.8, 4) is 0 Å². The minimum absolute atomic E-state index is 0.0414. The van der Waals surface area contributed by atoms with Gasteiger partial charge in [-0.3, -0.25) is 4.79 Å². The molecular weight excluding hydrogens is 391 g/mol. The summed E-state index contributed by atoms with van der Waals surface area (Å²) in [5, 5.41) is 9.19.